The molecule has 0 bridgehead atoms. The Morgan fingerprint density at radius 2 is 2.20 bits per heavy atom. The van der Waals surface area contributed by atoms with Gasteiger partial charge in [-0.25, -0.2) is 4.98 Å². The minimum Gasteiger partial charge on any atom is -0.481 e. The van der Waals surface area contributed by atoms with E-state index in [0.29, 0.717) is 18.1 Å². The lowest BCUT2D eigenvalue weighted by Crippen LogP contribution is -2.04. The van der Waals surface area contributed by atoms with Crippen LogP contribution in [-0.2, 0) is 6.54 Å². The Balaban J connectivity index is 2.20. The molecule has 2 rings (SSSR count). The third-order valence-corrected chi connectivity index (χ3v) is 2.93. The first-order chi connectivity index (χ1) is 9.61. The van der Waals surface area contributed by atoms with Gasteiger partial charge in [0, 0.05) is 24.9 Å². The van der Waals surface area contributed by atoms with E-state index in [1.807, 2.05) is 19.1 Å². The predicted molar refractivity (Wildman–Crippen MR) is 75.9 cm³/mol. The van der Waals surface area contributed by atoms with Crippen LogP contribution in [0.5, 0.6) is 5.88 Å². The normalized spacial score (nSPS) is 10.1. The van der Waals surface area contributed by atoms with Gasteiger partial charge in [-0.05, 0) is 24.1 Å². The Morgan fingerprint density at radius 3 is 2.90 bits per heavy atom. The van der Waals surface area contributed by atoms with E-state index in [1.54, 1.807) is 25.4 Å². The maximum absolute atomic E-state index is 11.0. The van der Waals surface area contributed by atoms with Crippen LogP contribution in [0.3, 0.4) is 0 Å². The monoisotopic (exact) mass is 273 g/mol. The zero-order valence-corrected chi connectivity index (χ0v) is 11.3. The van der Waals surface area contributed by atoms with Crippen molar-refractivity contribution in [3.63, 3.8) is 0 Å². The van der Waals surface area contributed by atoms with Gasteiger partial charge in [0.25, 0.3) is 5.69 Å². The fourth-order valence-corrected chi connectivity index (χ4v) is 1.90. The quantitative estimate of drug-likeness (QED) is 0.669. The molecular formula is C14H15N3O3. The smallest absolute Gasteiger partial charge is 0.292 e. The van der Waals surface area contributed by atoms with E-state index in [9.17, 15) is 10.1 Å². The standard InChI is InChI=1S/C14H15N3O3/c1-10-4-3-5-12(17(18)19)14(10)16-9-11-6-7-15-13(8-11)20-2/h3-8,16H,9H2,1-2H3. The van der Waals surface area contributed by atoms with Crippen molar-refractivity contribution in [2.24, 2.45) is 0 Å². The number of methoxy groups -OCH3 is 1. The number of pyridine rings is 1. The average Bonchev–Trinajstić information content (AvgIpc) is 2.45. The molecule has 1 aromatic heterocycles. The number of rotatable bonds is 5. The molecule has 20 heavy (non-hydrogen) atoms. The second-order valence-electron chi connectivity index (χ2n) is 4.29. The fraction of sp³-hybridized carbons (Fsp3) is 0.214. The number of anilines is 1. The van der Waals surface area contributed by atoms with Crippen molar-refractivity contribution in [1.82, 2.24) is 4.98 Å². The van der Waals surface area contributed by atoms with Gasteiger partial charge in [0.05, 0.1) is 12.0 Å². The Kier molecular flexibility index (Phi) is 4.14. The first-order valence-electron chi connectivity index (χ1n) is 6.08. The maximum atomic E-state index is 11.0. The van der Waals surface area contributed by atoms with Gasteiger partial charge in [0.1, 0.15) is 5.69 Å². The number of nitro benzene ring substituents is 1. The molecule has 1 heterocycles. The summed E-state index contributed by atoms with van der Waals surface area (Å²) in [6.45, 7) is 2.30. The summed E-state index contributed by atoms with van der Waals surface area (Å²) >= 11 is 0. The molecule has 0 unspecified atom stereocenters. The van der Waals surface area contributed by atoms with Gasteiger partial charge in [0.2, 0.25) is 5.88 Å². The highest BCUT2D eigenvalue weighted by Gasteiger charge is 2.14. The van der Waals surface area contributed by atoms with Crippen LogP contribution < -0.4 is 10.1 Å². The van der Waals surface area contributed by atoms with Crippen LogP contribution in [0.25, 0.3) is 0 Å². The molecule has 1 N–H and O–H groups in total. The average molecular weight is 273 g/mol. The van der Waals surface area contributed by atoms with Crippen LogP contribution >= 0.6 is 0 Å². The lowest BCUT2D eigenvalue weighted by atomic mass is 10.1. The molecule has 0 aliphatic rings. The zero-order chi connectivity index (χ0) is 14.5. The molecule has 0 saturated carbocycles. The minimum absolute atomic E-state index is 0.0750. The van der Waals surface area contributed by atoms with E-state index < -0.39 is 0 Å². The SMILES string of the molecule is COc1cc(CNc2c(C)cccc2[N+](=O)[O-])ccn1. The van der Waals surface area contributed by atoms with Crippen molar-refractivity contribution >= 4 is 11.4 Å². The number of hydrogen-bond donors (Lipinski definition) is 1. The van der Waals surface area contributed by atoms with Crippen LogP contribution in [0.4, 0.5) is 11.4 Å². The first-order valence-corrected chi connectivity index (χ1v) is 6.08. The molecular weight excluding hydrogens is 258 g/mol. The van der Waals surface area contributed by atoms with Gasteiger partial charge in [-0.2, -0.15) is 0 Å². The minimum atomic E-state index is -0.386. The summed E-state index contributed by atoms with van der Waals surface area (Å²) in [5.74, 6) is 0.517. The molecule has 0 aliphatic heterocycles. The molecule has 0 aliphatic carbocycles. The summed E-state index contributed by atoms with van der Waals surface area (Å²) in [7, 11) is 1.55. The largest absolute Gasteiger partial charge is 0.481 e. The van der Waals surface area contributed by atoms with E-state index in [1.165, 1.54) is 6.07 Å². The van der Waals surface area contributed by atoms with E-state index in [2.05, 4.69) is 10.3 Å². The molecule has 2 aromatic rings. The number of nitrogens with one attached hydrogen (secondary N) is 1. The lowest BCUT2D eigenvalue weighted by Gasteiger charge is -2.10. The second-order valence-corrected chi connectivity index (χ2v) is 4.29. The van der Waals surface area contributed by atoms with Crippen LogP contribution in [0.15, 0.2) is 36.5 Å². The van der Waals surface area contributed by atoms with Crippen molar-refractivity contribution in [3.05, 3.63) is 57.8 Å². The predicted octanol–water partition coefficient (Wildman–Crippen LogP) is 2.92. The second kappa shape index (κ2) is 6.01. The molecule has 1 aromatic carbocycles. The summed E-state index contributed by atoms with van der Waals surface area (Å²) in [6, 6.07) is 8.62. The molecule has 0 radical (unpaired) electrons. The fourth-order valence-electron chi connectivity index (χ4n) is 1.90. The van der Waals surface area contributed by atoms with E-state index in [4.69, 9.17) is 4.74 Å². The third-order valence-electron chi connectivity index (χ3n) is 2.93. The van der Waals surface area contributed by atoms with Crippen LogP contribution in [0, 0.1) is 17.0 Å². The number of hydrogen-bond acceptors (Lipinski definition) is 5. The number of aromatic nitrogens is 1. The summed E-state index contributed by atoms with van der Waals surface area (Å²) in [5, 5.41) is 14.1. The highest BCUT2D eigenvalue weighted by atomic mass is 16.6. The molecule has 6 heteroatoms. The number of nitro groups is 1. The number of nitrogens with zero attached hydrogens (tertiary/aromatic N) is 2. The van der Waals surface area contributed by atoms with E-state index >= 15 is 0 Å². The highest BCUT2D eigenvalue weighted by molar-refractivity contribution is 5.66. The van der Waals surface area contributed by atoms with Crippen molar-refractivity contribution in [2.45, 2.75) is 13.5 Å². The third kappa shape index (κ3) is 3.03. The first kappa shape index (κ1) is 13.8. The summed E-state index contributed by atoms with van der Waals surface area (Å²) < 4.78 is 5.05. The number of benzene rings is 1. The zero-order valence-electron chi connectivity index (χ0n) is 11.3. The summed E-state index contributed by atoms with van der Waals surface area (Å²) in [6.07, 6.45) is 1.64. The van der Waals surface area contributed by atoms with E-state index in [0.717, 1.165) is 11.1 Å². The summed E-state index contributed by atoms with van der Waals surface area (Å²) in [5.41, 5.74) is 2.38. The molecule has 0 saturated heterocycles. The lowest BCUT2D eigenvalue weighted by molar-refractivity contribution is -0.384. The highest BCUT2D eigenvalue weighted by Crippen LogP contribution is 2.28. The number of aryl methyl sites for hydroxylation is 1. The molecule has 0 atom stereocenters. The topological polar surface area (TPSA) is 77.3 Å². The van der Waals surface area contributed by atoms with Crippen LogP contribution in [0.1, 0.15) is 11.1 Å². The molecule has 6 nitrogen and oxygen atoms in total. The molecule has 0 amide bonds. The molecule has 104 valence electrons. The summed E-state index contributed by atoms with van der Waals surface area (Å²) in [4.78, 5) is 14.7. The van der Waals surface area contributed by atoms with Crippen LogP contribution in [0.2, 0.25) is 0 Å². The van der Waals surface area contributed by atoms with Gasteiger partial charge in [-0.15, -0.1) is 0 Å². The van der Waals surface area contributed by atoms with Crippen molar-refractivity contribution in [1.29, 1.82) is 0 Å². The van der Waals surface area contributed by atoms with Gasteiger partial charge in [-0.3, -0.25) is 10.1 Å². The van der Waals surface area contributed by atoms with Gasteiger partial charge in [0.15, 0.2) is 0 Å². The molecule has 0 spiro atoms. The van der Waals surface area contributed by atoms with Crippen LogP contribution in [-0.4, -0.2) is 17.0 Å². The Bertz CT molecular complexity index is 629. The van der Waals surface area contributed by atoms with E-state index in [-0.39, 0.29) is 10.6 Å². The Hall–Kier alpha value is -2.63. The Morgan fingerprint density at radius 1 is 1.40 bits per heavy atom. The van der Waals surface area contributed by atoms with Gasteiger partial charge >= 0.3 is 0 Å². The molecule has 0 fully saturated rings. The van der Waals surface area contributed by atoms with Crippen molar-refractivity contribution in [3.8, 4) is 5.88 Å². The number of para-hydroxylation sites is 1. The van der Waals surface area contributed by atoms with Crippen molar-refractivity contribution < 1.29 is 9.66 Å². The number of ether oxygens (including phenoxy) is 1. The van der Waals surface area contributed by atoms with Gasteiger partial charge in [-0.1, -0.05) is 12.1 Å². The maximum Gasteiger partial charge on any atom is 0.292 e. The Labute approximate surface area is 116 Å². The van der Waals surface area contributed by atoms with Gasteiger partial charge < -0.3 is 10.1 Å². The van der Waals surface area contributed by atoms with Crippen molar-refractivity contribution in [2.75, 3.05) is 12.4 Å².